The van der Waals surface area contributed by atoms with Crippen LogP contribution in [0.25, 0.3) is 0 Å². The number of nitriles is 1. The molecule has 0 bridgehead atoms. The van der Waals surface area contributed by atoms with Crippen molar-refractivity contribution in [1.82, 2.24) is 0 Å². The number of hydrogen-bond donors (Lipinski definition) is 1. The standard InChI is InChI=1S/C17H14Cl2N2O3/c1-10-3-5-12(18)17(16(10)19)21-15(22)9-24-13-6-4-11(8-20)7-14(13)23-2/h3-7H,9H2,1-2H3,(H,21,22). The van der Waals surface area contributed by atoms with Crippen molar-refractivity contribution in [3.8, 4) is 17.6 Å². The fraction of sp³-hybridized carbons (Fsp3) is 0.176. The minimum Gasteiger partial charge on any atom is -0.493 e. The predicted molar refractivity (Wildman–Crippen MR) is 93.0 cm³/mol. The quantitative estimate of drug-likeness (QED) is 0.862. The second-order valence-corrected chi connectivity index (χ2v) is 5.65. The van der Waals surface area contributed by atoms with E-state index in [1.54, 1.807) is 24.3 Å². The van der Waals surface area contributed by atoms with Gasteiger partial charge in [-0.3, -0.25) is 4.79 Å². The van der Waals surface area contributed by atoms with E-state index in [4.69, 9.17) is 37.9 Å². The number of nitrogens with one attached hydrogen (secondary N) is 1. The number of rotatable bonds is 5. The van der Waals surface area contributed by atoms with E-state index in [-0.39, 0.29) is 6.61 Å². The predicted octanol–water partition coefficient (Wildman–Crippen LogP) is 4.20. The highest BCUT2D eigenvalue weighted by Gasteiger charge is 2.13. The normalized spacial score (nSPS) is 9.96. The zero-order valence-corrected chi connectivity index (χ0v) is 14.5. The summed E-state index contributed by atoms with van der Waals surface area (Å²) in [6, 6.07) is 10.1. The summed E-state index contributed by atoms with van der Waals surface area (Å²) in [6.45, 7) is 1.55. The zero-order chi connectivity index (χ0) is 17.7. The largest absolute Gasteiger partial charge is 0.493 e. The van der Waals surface area contributed by atoms with Gasteiger partial charge in [0.2, 0.25) is 0 Å². The average molecular weight is 365 g/mol. The number of methoxy groups -OCH3 is 1. The first-order chi connectivity index (χ1) is 11.5. The van der Waals surface area contributed by atoms with Crippen LogP contribution in [0.4, 0.5) is 5.69 Å². The first-order valence-electron chi connectivity index (χ1n) is 6.91. The number of halogens is 2. The van der Waals surface area contributed by atoms with Crippen LogP contribution in [0.5, 0.6) is 11.5 Å². The molecule has 0 radical (unpaired) electrons. The molecule has 24 heavy (non-hydrogen) atoms. The maximum Gasteiger partial charge on any atom is 0.262 e. The van der Waals surface area contributed by atoms with Crippen molar-refractivity contribution in [2.24, 2.45) is 0 Å². The molecule has 0 spiro atoms. The Morgan fingerprint density at radius 1 is 1.25 bits per heavy atom. The number of carbonyl (C=O) groups excluding carboxylic acids is 1. The Hall–Kier alpha value is -2.42. The van der Waals surface area contributed by atoms with Gasteiger partial charge in [-0.05, 0) is 30.7 Å². The van der Waals surface area contributed by atoms with Crippen LogP contribution in [0.1, 0.15) is 11.1 Å². The summed E-state index contributed by atoms with van der Waals surface area (Å²) in [5.74, 6) is 0.303. The number of ether oxygens (including phenoxy) is 2. The summed E-state index contributed by atoms with van der Waals surface area (Å²) in [7, 11) is 1.45. The number of hydrogen-bond acceptors (Lipinski definition) is 4. The molecule has 1 amide bonds. The summed E-state index contributed by atoms with van der Waals surface area (Å²) < 4.78 is 10.6. The first kappa shape index (κ1) is 17.9. The van der Waals surface area contributed by atoms with Crippen molar-refractivity contribution in [2.75, 3.05) is 19.0 Å². The molecule has 7 heteroatoms. The second-order valence-electron chi connectivity index (χ2n) is 4.87. The van der Waals surface area contributed by atoms with Gasteiger partial charge in [0.25, 0.3) is 5.91 Å². The molecule has 0 aliphatic carbocycles. The van der Waals surface area contributed by atoms with E-state index in [2.05, 4.69) is 5.32 Å². The lowest BCUT2D eigenvalue weighted by atomic mass is 10.2. The molecule has 5 nitrogen and oxygen atoms in total. The zero-order valence-electron chi connectivity index (χ0n) is 13.0. The van der Waals surface area contributed by atoms with Crippen molar-refractivity contribution < 1.29 is 14.3 Å². The smallest absolute Gasteiger partial charge is 0.262 e. The van der Waals surface area contributed by atoms with Crippen LogP contribution in [0, 0.1) is 18.3 Å². The Kier molecular flexibility index (Phi) is 5.91. The maximum atomic E-state index is 12.1. The van der Waals surface area contributed by atoms with Gasteiger partial charge in [-0.15, -0.1) is 0 Å². The van der Waals surface area contributed by atoms with Crippen LogP contribution in [0.15, 0.2) is 30.3 Å². The number of anilines is 1. The number of benzene rings is 2. The topological polar surface area (TPSA) is 71.3 Å². The van der Waals surface area contributed by atoms with Gasteiger partial charge in [-0.25, -0.2) is 0 Å². The van der Waals surface area contributed by atoms with Crippen molar-refractivity contribution >= 4 is 34.8 Å². The number of nitrogens with zero attached hydrogens (tertiary/aromatic N) is 1. The van der Waals surface area contributed by atoms with Gasteiger partial charge in [0.05, 0.1) is 34.5 Å². The average Bonchev–Trinajstić information content (AvgIpc) is 2.60. The molecule has 2 aromatic rings. The molecule has 1 N–H and O–H groups in total. The summed E-state index contributed by atoms with van der Waals surface area (Å²) in [4.78, 5) is 12.1. The fourth-order valence-corrected chi connectivity index (χ4v) is 2.41. The molecule has 0 aliphatic rings. The molecule has 0 aromatic heterocycles. The minimum absolute atomic E-state index is 0.261. The van der Waals surface area contributed by atoms with E-state index in [9.17, 15) is 4.79 Å². The SMILES string of the molecule is COc1cc(C#N)ccc1OCC(=O)Nc1c(Cl)ccc(C)c1Cl. The molecule has 0 fully saturated rings. The first-order valence-corrected chi connectivity index (χ1v) is 7.67. The summed E-state index contributed by atoms with van der Waals surface area (Å²) in [5, 5.41) is 12.2. The van der Waals surface area contributed by atoms with Gasteiger partial charge >= 0.3 is 0 Å². The molecule has 0 atom stereocenters. The van der Waals surface area contributed by atoms with E-state index in [0.29, 0.717) is 32.8 Å². The van der Waals surface area contributed by atoms with Gasteiger partial charge in [0, 0.05) is 6.07 Å². The Morgan fingerprint density at radius 2 is 2.00 bits per heavy atom. The lowest BCUT2D eigenvalue weighted by Crippen LogP contribution is -2.21. The summed E-state index contributed by atoms with van der Waals surface area (Å²) >= 11 is 12.2. The number of aryl methyl sites for hydroxylation is 1. The molecule has 0 saturated heterocycles. The van der Waals surface area contributed by atoms with E-state index in [1.807, 2.05) is 13.0 Å². The van der Waals surface area contributed by atoms with Gasteiger partial charge in [-0.1, -0.05) is 29.3 Å². The van der Waals surface area contributed by atoms with Crippen molar-refractivity contribution in [3.63, 3.8) is 0 Å². The maximum absolute atomic E-state index is 12.1. The highest BCUT2D eigenvalue weighted by atomic mass is 35.5. The Morgan fingerprint density at radius 3 is 2.67 bits per heavy atom. The minimum atomic E-state index is -0.421. The van der Waals surface area contributed by atoms with Crippen LogP contribution in [-0.2, 0) is 4.79 Å². The molecule has 124 valence electrons. The van der Waals surface area contributed by atoms with Crippen LogP contribution in [0.2, 0.25) is 10.0 Å². The number of carbonyl (C=O) groups is 1. The fourth-order valence-electron chi connectivity index (χ4n) is 1.95. The van der Waals surface area contributed by atoms with Crippen LogP contribution < -0.4 is 14.8 Å². The van der Waals surface area contributed by atoms with E-state index < -0.39 is 5.91 Å². The Bertz CT molecular complexity index is 816. The highest BCUT2D eigenvalue weighted by Crippen LogP contribution is 2.33. The molecule has 0 aliphatic heterocycles. The third-order valence-electron chi connectivity index (χ3n) is 3.20. The molecular formula is C17H14Cl2N2O3. The molecular weight excluding hydrogens is 351 g/mol. The third kappa shape index (κ3) is 4.10. The van der Waals surface area contributed by atoms with E-state index in [0.717, 1.165) is 5.56 Å². The van der Waals surface area contributed by atoms with Gasteiger partial charge < -0.3 is 14.8 Å². The van der Waals surface area contributed by atoms with Crippen molar-refractivity contribution in [3.05, 3.63) is 51.5 Å². The van der Waals surface area contributed by atoms with Crippen LogP contribution >= 0.6 is 23.2 Å². The lowest BCUT2D eigenvalue weighted by molar-refractivity contribution is -0.118. The van der Waals surface area contributed by atoms with Crippen molar-refractivity contribution in [1.29, 1.82) is 5.26 Å². The van der Waals surface area contributed by atoms with Crippen LogP contribution in [0.3, 0.4) is 0 Å². The Balaban J connectivity index is 2.07. The second kappa shape index (κ2) is 7.91. The number of amides is 1. The monoisotopic (exact) mass is 364 g/mol. The van der Waals surface area contributed by atoms with Gasteiger partial charge in [-0.2, -0.15) is 5.26 Å². The molecule has 2 rings (SSSR count). The molecule has 0 heterocycles. The molecule has 0 unspecified atom stereocenters. The summed E-state index contributed by atoms with van der Waals surface area (Å²) in [5.41, 5.74) is 1.58. The van der Waals surface area contributed by atoms with E-state index >= 15 is 0 Å². The highest BCUT2D eigenvalue weighted by molar-refractivity contribution is 6.40. The van der Waals surface area contributed by atoms with Crippen molar-refractivity contribution in [2.45, 2.75) is 6.92 Å². The van der Waals surface area contributed by atoms with Crippen LogP contribution in [-0.4, -0.2) is 19.6 Å². The van der Waals surface area contributed by atoms with Gasteiger partial charge in [0.1, 0.15) is 0 Å². The third-order valence-corrected chi connectivity index (χ3v) is 4.00. The molecule has 2 aromatic carbocycles. The molecule has 0 saturated carbocycles. The lowest BCUT2D eigenvalue weighted by Gasteiger charge is -2.13. The summed E-state index contributed by atoms with van der Waals surface area (Å²) in [6.07, 6.45) is 0. The Labute approximate surface area is 149 Å². The van der Waals surface area contributed by atoms with Gasteiger partial charge in [0.15, 0.2) is 18.1 Å². The van der Waals surface area contributed by atoms with E-state index in [1.165, 1.54) is 13.2 Å².